The Hall–Kier alpha value is -0.670. The minimum atomic E-state index is -4.18. The predicted molar refractivity (Wildman–Crippen MR) is 62.7 cm³/mol. The number of aliphatic carboxylic acids is 1. The van der Waals surface area contributed by atoms with Gasteiger partial charge in [-0.25, -0.2) is 16.8 Å². The van der Waals surface area contributed by atoms with Gasteiger partial charge < -0.3 is 5.11 Å². The summed E-state index contributed by atoms with van der Waals surface area (Å²) in [6.45, 7) is 2.91. The van der Waals surface area contributed by atoms with Crippen LogP contribution in [-0.2, 0) is 24.7 Å². The molecule has 0 aromatic heterocycles. The minimum Gasteiger partial charge on any atom is -0.480 e. The molecule has 0 spiro atoms. The summed E-state index contributed by atoms with van der Waals surface area (Å²) in [5.74, 6) is -1.34. The number of hydrogen-bond donors (Lipinski definition) is 2. The zero-order valence-electron chi connectivity index (χ0n) is 9.93. The van der Waals surface area contributed by atoms with Crippen LogP contribution in [0.1, 0.15) is 26.7 Å². The van der Waals surface area contributed by atoms with Crippen LogP contribution in [0.4, 0.5) is 0 Å². The molecule has 0 aliphatic heterocycles. The fourth-order valence-electron chi connectivity index (χ4n) is 1.36. The Morgan fingerprint density at radius 3 is 2.06 bits per heavy atom. The van der Waals surface area contributed by atoms with Crippen molar-refractivity contribution in [3.63, 3.8) is 0 Å². The fourth-order valence-corrected chi connectivity index (χ4v) is 4.72. The molecule has 0 aliphatic carbocycles. The number of carbonyl (C=O) groups is 1. The Kier molecular flexibility index (Phi) is 5.11. The van der Waals surface area contributed by atoms with Gasteiger partial charge in [0.1, 0.15) is 5.54 Å². The summed E-state index contributed by atoms with van der Waals surface area (Å²) < 4.78 is 46.7. The van der Waals surface area contributed by atoms with Gasteiger partial charge in [-0.3, -0.25) is 4.79 Å². The van der Waals surface area contributed by atoms with Crippen LogP contribution < -0.4 is 4.72 Å². The molecule has 17 heavy (non-hydrogen) atoms. The number of rotatable bonds is 7. The van der Waals surface area contributed by atoms with Crippen LogP contribution >= 0.6 is 0 Å². The first-order chi connectivity index (χ1) is 7.42. The lowest BCUT2D eigenvalue weighted by Crippen LogP contribution is -2.53. The van der Waals surface area contributed by atoms with Crippen molar-refractivity contribution in [2.75, 3.05) is 11.3 Å². The van der Waals surface area contributed by atoms with Gasteiger partial charge in [-0.2, -0.15) is 4.72 Å². The molecule has 0 saturated carbocycles. The Morgan fingerprint density at radius 2 is 1.76 bits per heavy atom. The van der Waals surface area contributed by atoms with Crippen LogP contribution in [0.25, 0.3) is 0 Å². The summed E-state index contributed by atoms with van der Waals surface area (Å²) in [5.41, 5.74) is -1.68. The average Bonchev–Trinajstić information content (AvgIpc) is 1.97. The maximum atomic E-state index is 11.5. The van der Waals surface area contributed by atoms with Gasteiger partial charge in [-0.15, -0.1) is 0 Å². The summed E-state index contributed by atoms with van der Waals surface area (Å²) >= 11 is 0. The molecule has 0 fully saturated rings. The number of nitrogens with one attached hydrogen (secondary N) is 1. The molecular formula is C8H17NO6S2. The quantitative estimate of drug-likeness (QED) is 0.655. The lowest BCUT2D eigenvalue weighted by atomic mass is 9.98. The predicted octanol–water partition coefficient (Wildman–Crippen LogP) is -0.449. The average molecular weight is 287 g/mol. The molecule has 2 N–H and O–H groups in total. The smallest absolute Gasteiger partial charge is 0.324 e. The van der Waals surface area contributed by atoms with Crippen LogP contribution in [0.15, 0.2) is 0 Å². The van der Waals surface area contributed by atoms with E-state index in [4.69, 9.17) is 5.11 Å². The molecule has 1 atom stereocenters. The topological polar surface area (TPSA) is 118 Å². The maximum absolute atomic E-state index is 11.5. The van der Waals surface area contributed by atoms with E-state index in [2.05, 4.69) is 0 Å². The normalized spacial score (nSPS) is 16.4. The van der Waals surface area contributed by atoms with E-state index in [0.29, 0.717) is 6.42 Å². The maximum Gasteiger partial charge on any atom is 0.324 e. The lowest BCUT2D eigenvalue weighted by molar-refractivity contribution is -0.143. The lowest BCUT2D eigenvalue weighted by Gasteiger charge is -2.25. The van der Waals surface area contributed by atoms with Gasteiger partial charge in [-0.1, -0.05) is 13.3 Å². The van der Waals surface area contributed by atoms with E-state index in [1.54, 1.807) is 6.92 Å². The highest BCUT2D eigenvalue weighted by Crippen LogP contribution is 2.14. The third-order valence-electron chi connectivity index (χ3n) is 1.97. The zero-order chi connectivity index (χ0) is 13.9. The Labute approximate surface area is 101 Å². The van der Waals surface area contributed by atoms with Gasteiger partial charge in [0, 0.05) is 6.26 Å². The van der Waals surface area contributed by atoms with E-state index in [-0.39, 0.29) is 6.42 Å². The van der Waals surface area contributed by atoms with E-state index in [0.717, 1.165) is 6.26 Å². The Morgan fingerprint density at radius 1 is 1.29 bits per heavy atom. The summed E-state index contributed by atoms with van der Waals surface area (Å²) in [6, 6.07) is 0. The second-order valence-corrected chi connectivity index (χ2v) is 8.38. The standard InChI is InChI=1S/C8H17NO6S2/c1-4-5-8(2,7(10)11)9-17(14,15)6-16(3,12)13/h9H,4-6H2,1-3H3,(H,10,11). The Bertz CT molecular complexity index is 480. The van der Waals surface area contributed by atoms with Crippen molar-refractivity contribution in [3.8, 4) is 0 Å². The van der Waals surface area contributed by atoms with E-state index in [1.165, 1.54) is 6.92 Å². The molecule has 7 nitrogen and oxygen atoms in total. The van der Waals surface area contributed by atoms with E-state index in [1.807, 2.05) is 4.72 Å². The molecule has 0 radical (unpaired) electrons. The number of carboxylic acid groups (broad SMARTS) is 1. The first-order valence-corrected chi connectivity index (χ1v) is 8.56. The molecule has 102 valence electrons. The third-order valence-corrected chi connectivity index (χ3v) is 5.69. The fraction of sp³-hybridized carbons (Fsp3) is 0.875. The van der Waals surface area contributed by atoms with E-state index < -0.39 is 36.5 Å². The molecule has 0 bridgehead atoms. The summed E-state index contributed by atoms with van der Waals surface area (Å²) in [7, 11) is -7.92. The van der Waals surface area contributed by atoms with E-state index >= 15 is 0 Å². The third kappa shape index (κ3) is 5.99. The van der Waals surface area contributed by atoms with Crippen LogP contribution in [0.5, 0.6) is 0 Å². The highest BCUT2D eigenvalue weighted by molar-refractivity contribution is 8.06. The number of sulfone groups is 1. The minimum absolute atomic E-state index is 0.0747. The highest BCUT2D eigenvalue weighted by atomic mass is 32.3. The molecule has 0 amide bonds. The summed E-state index contributed by atoms with van der Waals surface area (Å²) in [5, 5.41) is 7.83. The van der Waals surface area contributed by atoms with Crippen molar-refractivity contribution in [1.29, 1.82) is 0 Å². The first-order valence-electron chi connectivity index (χ1n) is 4.84. The number of sulfonamides is 1. The van der Waals surface area contributed by atoms with Gasteiger partial charge in [-0.05, 0) is 13.3 Å². The molecule has 0 aromatic rings. The van der Waals surface area contributed by atoms with Crippen molar-refractivity contribution in [1.82, 2.24) is 4.72 Å². The Balaban J connectivity index is 5.09. The SMILES string of the molecule is CCCC(C)(NS(=O)(=O)CS(C)(=O)=O)C(=O)O. The second-order valence-electron chi connectivity index (χ2n) is 4.15. The van der Waals surface area contributed by atoms with Crippen molar-refractivity contribution >= 4 is 25.8 Å². The van der Waals surface area contributed by atoms with Crippen LogP contribution in [0.2, 0.25) is 0 Å². The zero-order valence-corrected chi connectivity index (χ0v) is 11.6. The van der Waals surface area contributed by atoms with Crippen molar-refractivity contribution in [2.24, 2.45) is 0 Å². The highest BCUT2D eigenvalue weighted by Gasteiger charge is 2.37. The van der Waals surface area contributed by atoms with Gasteiger partial charge >= 0.3 is 5.97 Å². The molecule has 0 aromatic carbocycles. The molecule has 1 unspecified atom stereocenters. The van der Waals surface area contributed by atoms with Crippen LogP contribution in [0, 0.1) is 0 Å². The molecule has 0 heterocycles. The largest absolute Gasteiger partial charge is 0.480 e. The monoisotopic (exact) mass is 287 g/mol. The summed E-state index contributed by atoms with van der Waals surface area (Å²) in [4.78, 5) is 11.0. The molecule has 9 heteroatoms. The van der Waals surface area contributed by atoms with Gasteiger partial charge in [0.15, 0.2) is 14.9 Å². The second kappa shape index (κ2) is 5.32. The molecular weight excluding hydrogens is 270 g/mol. The number of carboxylic acids is 1. The van der Waals surface area contributed by atoms with Crippen molar-refractivity contribution in [3.05, 3.63) is 0 Å². The number of hydrogen-bond acceptors (Lipinski definition) is 5. The first kappa shape index (κ1) is 16.3. The van der Waals surface area contributed by atoms with Crippen molar-refractivity contribution in [2.45, 2.75) is 32.2 Å². The van der Waals surface area contributed by atoms with Crippen LogP contribution in [-0.4, -0.2) is 44.8 Å². The van der Waals surface area contributed by atoms with Crippen LogP contribution in [0.3, 0.4) is 0 Å². The van der Waals surface area contributed by atoms with E-state index in [9.17, 15) is 21.6 Å². The van der Waals surface area contributed by atoms with Gasteiger partial charge in [0.2, 0.25) is 10.0 Å². The molecule has 0 saturated heterocycles. The molecule has 0 rings (SSSR count). The molecule has 0 aliphatic rings. The van der Waals surface area contributed by atoms with Gasteiger partial charge in [0.05, 0.1) is 0 Å². The van der Waals surface area contributed by atoms with Crippen molar-refractivity contribution < 1.29 is 26.7 Å². The van der Waals surface area contributed by atoms with Gasteiger partial charge in [0.25, 0.3) is 0 Å². The summed E-state index contributed by atoms with van der Waals surface area (Å²) in [6.07, 6.45) is 1.29.